The van der Waals surface area contributed by atoms with Crippen LogP contribution in [0.25, 0.3) is 21.3 Å². The van der Waals surface area contributed by atoms with Gasteiger partial charge < -0.3 is 10.2 Å². The van der Waals surface area contributed by atoms with Crippen molar-refractivity contribution < 1.29 is 0 Å². The molecular formula is C22H26N4S. The molecule has 1 aromatic carbocycles. The number of benzene rings is 1. The van der Waals surface area contributed by atoms with Crippen LogP contribution in [0.1, 0.15) is 32.1 Å². The van der Waals surface area contributed by atoms with Gasteiger partial charge in [0.15, 0.2) is 0 Å². The van der Waals surface area contributed by atoms with Crippen LogP contribution < -0.4 is 10.2 Å². The van der Waals surface area contributed by atoms with Gasteiger partial charge in [-0.05, 0) is 43.7 Å². The zero-order chi connectivity index (χ0) is 18.1. The van der Waals surface area contributed by atoms with Crippen molar-refractivity contribution in [2.45, 2.75) is 38.1 Å². The second-order valence-electron chi connectivity index (χ2n) is 7.88. The average Bonchev–Trinajstić information content (AvgIpc) is 3.12. The van der Waals surface area contributed by atoms with Crippen molar-refractivity contribution in [2.24, 2.45) is 5.92 Å². The standard InChI is InChI=1S/C22H26N4S/c1-2-7-17(8-3-1)19-14-27-22-20(19)21(24-15-25-22)26-11-5-6-16(13-26)12-23-18-9-4-10-18/h1-3,7-8,14-16,18,23H,4-6,9-13H2. The van der Waals surface area contributed by atoms with E-state index < -0.39 is 0 Å². The Bertz CT molecular complexity index is 903. The number of nitrogens with zero attached hydrogens (tertiary/aromatic N) is 3. The van der Waals surface area contributed by atoms with E-state index >= 15 is 0 Å². The summed E-state index contributed by atoms with van der Waals surface area (Å²) >= 11 is 1.72. The smallest absolute Gasteiger partial charge is 0.141 e. The second-order valence-corrected chi connectivity index (χ2v) is 8.74. The summed E-state index contributed by atoms with van der Waals surface area (Å²) in [5, 5.41) is 7.23. The fraction of sp³-hybridized carbons (Fsp3) is 0.455. The zero-order valence-corrected chi connectivity index (χ0v) is 16.4. The molecule has 5 rings (SSSR count). The third-order valence-electron chi connectivity index (χ3n) is 6.05. The molecule has 1 saturated carbocycles. The number of hydrogen-bond donors (Lipinski definition) is 1. The molecule has 4 nitrogen and oxygen atoms in total. The maximum absolute atomic E-state index is 4.75. The molecule has 1 unspecified atom stereocenters. The highest BCUT2D eigenvalue weighted by atomic mass is 32.1. The minimum Gasteiger partial charge on any atom is -0.356 e. The number of hydrogen-bond acceptors (Lipinski definition) is 5. The highest BCUT2D eigenvalue weighted by molar-refractivity contribution is 7.17. The van der Waals surface area contributed by atoms with Crippen LogP contribution in [0.2, 0.25) is 0 Å². The molecular weight excluding hydrogens is 352 g/mol. The molecule has 3 aromatic rings. The Morgan fingerprint density at radius 3 is 2.78 bits per heavy atom. The van der Waals surface area contributed by atoms with Crippen LogP contribution >= 0.6 is 11.3 Å². The van der Waals surface area contributed by atoms with Gasteiger partial charge in [-0.1, -0.05) is 36.8 Å². The number of rotatable bonds is 5. The third kappa shape index (κ3) is 3.46. The van der Waals surface area contributed by atoms with Gasteiger partial charge in [0, 0.05) is 30.1 Å². The molecule has 3 heterocycles. The molecule has 0 radical (unpaired) electrons. The van der Waals surface area contributed by atoms with E-state index in [1.165, 1.54) is 48.6 Å². The fourth-order valence-corrected chi connectivity index (χ4v) is 5.21. The van der Waals surface area contributed by atoms with Gasteiger partial charge in [0.1, 0.15) is 17.0 Å². The first-order valence-corrected chi connectivity index (χ1v) is 11.0. The third-order valence-corrected chi connectivity index (χ3v) is 6.94. The molecule has 2 fully saturated rings. The largest absolute Gasteiger partial charge is 0.356 e. The van der Waals surface area contributed by atoms with Crippen LogP contribution in [0.4, 0.5) is 5.82 Å². The molecule has 1 saturated heterocycles. The molecule has 27 heavy (non-hydrogen) atoms. The van der Waals surface area contributed by atoms with Crippen molar-refractivity contribution in [1.82, 2.24) is 15.3 Å². The van der Waals surface area contributed by atoms with Crippen molar-refractivity contribution in [3.8, 4) is 11.1 Å². The quantitative estimate of drug-likeness (QED) is 0.698. The molecule has 2 aliphatic rings. The number of anilines is 1. The Kier molecular flexibility index (Phi) is 4.80. The molecule has 0 spiro atoms. The van der Waals surface area contributed by atoms with Gasteiger partial charge >= 0.3 is 0 Å². The minimum absolute atomic E-state index is 0.711. The molecule has 140 valence electrons. The predicted molar refractivity (Wildman–Crippen MR) is 113 cm³/mol. The molecule has 1 atom stereocenters. The first-order valence-electron chi connectivity index (χ1n) is 10.1. The van der Waals surface area contributed by atoms with Crippen molar-refractivity contribution in [3.05, 3.63) is 42.0 Å². The summed E-state index contributed by atoms with van der Waals surface area (Å²) in [7, 11) is 0. The summed E-state index contributed by atoms with van der Waals surface area (Å²) in [6.45, 7) is 3.33. The molecule has 2 aromatic heterocycles. The Morgan fingerprint density at radius 2 is 1.96 bits per heavy atom. The second kappa shape index (κ2) is 7.56. The zero-order valence-electron chi connectivity index (χ0n) is 15.6. The molecule has 5 heteroatoms. The summed E-state index contributed by atoms with van der Waals surface area (Å²) in [5.41, 5.74) is 2.51. The van der Waals surface area contributed by atoms with Crippen LogP contribution in [-0.4, -0.2) is 35.6 Å². The van der Waals surface area contributed by atoms with Gasteiger partial charge in [-0.2, -0.15) is 0 Å². The van der Waals surface area contributed by atoms with Crippen molar-refractivity contribution in [3.63, 3.8) is 0 Å². The monoisotopic (exact) mass is 378 g/mol. The summed E-state index contributed by atoms with van der Waals surface area (Å²) in [6.07, 6.45) is 8.41. The van der Waals surface area contributed by atoms with E-state index in [4.69, 9.17) is 4.98 Å². The molecule has 1 aliphatic heterocycles. The normalized spacial score (nSPS) is 20.7. The lowest BCUT2D eigenvalue weighted by atomic mass is 9.91. The lowest BCUT2D eigenvalue weighted by molar-refractivity contribution is 0.299. The van der Waals surface area contributed by atoms with Gasteiger partial charge in [-0.3, -0.25) is 0 Å². The summed E-state index contributed by atoms with van der Waals surface area (Å²) in [5.74, 6) is 1.83. The minimum atomic E-state index is 0.711. The number of thiophene rings is 1. The van der Waals surface area contributed by atoms with Gasteiger partial charge in [0.2, 0.25) is 0 Å². The van der Waals surface area contributed by atoms with E-state index in [1.54, 1.807) is 17.7 Å². The topological polar surface area (TPSA) is 41.1 Å². The van der Waals surface area contributed by atoms with E-state index in [-0.39, 0.29) is 0 Å². The highest BCUT2D eigenvalue weighted by Crippen LogP contribution is 2.38. The molecule has 1 N–H and O–H groups in total. The number of piperidine rings is 1. The summed E-state index contributed by atoms with van der Waals surface area (Å²) < 4.78 is 0. The van der Waals surface area contributed by atoms with Gasteiger partial charge in [-0.15, -0.1) is 11.3 Å². The Morgan fingerprint density at radius 1 is 1.07 bits per heavy atom. The number of nitrogens with one attached hydrogen (secondary N) is 1. The van der Waals surface area contributed by atoms with Crippen LogP contribution in [0.5, 0.6) is 0 Å². The Labute approximate surface area is 164 Å². The lowest BCUT2D eigenvalue weighted by Gasteiger charge is -2.36. The maximum Gasteiger partial charge on any atom is 0.141 e. The first kappa shape index (κ1) is 17.1. The SMILES string of the molecule is c1ccc(-c2csc3ncnc(N4CCCC(CNC5CCC5)C4)c23)cc1. The Balaban J connectivity index is 1.42. The van der Waals surface area contributed by atoms with Crippen LogP contribution in [0, 0.1) is 5.92 Å². The number of fused-ring (bicyclic) bond motifs is 1. The molecule has 0 amide bonds. The van der Waals surface area contributed by atoms with E-state index in [0.717, 1.165) is 36.3 Å². The van der Waals surface area contributed by atoms with Gasteiger partial charge in [0.25, 0.3) is 0 Å². The number of aromatic nitrogens is 2. The van der Waals surface area contributed by atoms with Crippen molar-refractivity contribution in [1.29, 1.82) is 0 Å². The maximum atomic E-state index is 4.75. The molecule has 1 aliphatic carbocycles. The fourth-order valence-electron chi connectivity index (χ4n) is 4.30. The van der Waals surface area contributed by atoms with E-state index in [0.29, 0.717) is 5.92 Å². The van der Waals surface area contributed by atoms with Crippen LogP contribution in [-0.2, 0) is 0 Å². The van der Waals surface area contributed by atoms with E-state index in [2.05, 4.69) is 50.9 Å². The first-order chi connectivity index (χ1) is 13.4. The predicted octanol–water partition coefficient (Wildman–Crippen LogP) is 4.72. The Hall–Kier alpha value is -1.98. The lowest BCUT2D eigenvalue weighted by Crippen LogP contribution is -2.44. The highest BCUT2D eigenvalue weighted by Gasteiger charge is 2.25. The van der Waals surface area contributed by atoms with Crippen LogP contribution in [0.3, 0.4) is 0 Å². The van der Waals surface area contributed by atoms with Crippen LogP contribution in [0.15, 0.2) is 42.0 Å². The molecule has 0 bridgehead atoms. The van der Waals surface area contributed by atoms with Gasteiger partial charge in [0.05, 0.1) is 5.39 Å². The summed E-state index contributed by atoms with van der Waals surface area (Å²) in [4.78, 5) is 12.9. The van der Waals surface area contributed by atoms with Gasteiger partial charge in [-0.25, -0.2) is 9.97 Å². The van der Waals surface area contributed by atoms with E-state index in [1.807, 2.05) is 0 Å². The van der Waals surface area contributed by atoms with Crippen molar-refractivity contribution >= 4 is 27.4 Å². The van der Waals surface area contributed by atoms with E-state index in [9.17, 15) is 0 Å². The average molecular weight is 379 g/mol. The summed E-state index contributed by atoms with van der Waals surface area (Å²) in [6, 6.07) is 11.4. The van der Waals surface area contributed by atoms with Crippen molar-refractivity contribution in [2.75, 3.05) is 24.5 Å².